The van der Waals surface area contributed by atoms with Crippen LogP contribution in [0, 0.1) is 13.8 Å². The van der Waals surface area contributed by atoms with E-state index >= 15 is 0 Å². The molecular weight excluding hydrogens is 342 g/mol. The maximum atomic E-state index is 6.03. The lowest BCUT2D eigenvalue weighted by molar-refractivity contribution is 0.0982. The third-order valence-electron chi connectivity index (χ3n) is 5.95. The molecule has 4 rings (SSSR count). The van der Waals surface area contributed by atoms with E-state index < -0.39 is 0 Å². The molecular formula is C21H29N3O3. The molecule has 27 heavy (non-hydrogen) atoms. The highest BCUT2D eigenvalue weighted by Crippen LogP contribution is 2.38. The number of methoxy groups -OCH3 is 2. The van der Waals surface area contributed by atoms with Crippen LogP contribution < -0.4 is 9.47 Å². The van der Waals surface area contributed by atoms with Gasteiger partial charge in [0.15, 0.2) is 0 Å². The first-order valence-corrected chi connectivity index (χ1v) is 9.75. The van der Waals surface area contributed by atoms with Crippen LogP contribution in [0.5, 0.6) is 11.5 Å². The fourth-order valence-electron chi connectivity index (χ4n) is 4.43. The molecule has 1 aromatic carbocycles. The van der Waals surface area contributed by atoms with E-state index in [0.29, 0.717) is 5.89 Å². The zero-order valence-corrected chi connectivity index (χ0v) is 16.7. The van der Waals surface area contributed by atoms with Crippen molar-refractivity contribution in [2.75, 3.05) is 40.4 Å². The standard InChI is InChI=1S/C21H29N3O3/c1-14-19(25-3)8-7-17(20(14)26-4)21-22-18(15(2)27-21)13-23-10-11-24-9-5-6-16(24)12-23/h7-8,16H,5-6,9-13H2,1-4H3/t16-/m1/s1. The lowest BCUT2D eigenvalue weighted by Crippen LogP contribution is -2.49. The van der Waals surface area contributed by atoms with E-state index in [1.165, 1.54) is 25.9 Å². The predicted molar refractivity (Wildman–Crippen MR) is 104 cm³/mol. The summed E-state index contributed by atoms with van der Waals surface area (Å²) >= 11 is 0. The monoisotopic (exact) mass is 371 g/mol. The molecule has 0 saturated carbocycles. The number of hydrogen-bond donors (Lipinski definition) is 0. The minimum atomic E-state index is 0.615. The van der Waals surface area contributed by atoms with Crippen molar-refractivity contribution in [1.82, 2.24) is 14.8 Å². The van der Waals surface area contributed by atoms with Gasteiger partial charge in [0.25, 0.3) is 0 Å². The van der Waals surface area contributed by atoms with E-state index in [2.05, 4.69) is 9.80 Å². The van der Waals surface area contributed by atoms with Crippen molar-refractivity contribution in [1.29, 1.82) is 0 Å². The molecule has 0 spiro atoms. The lowest BCUT2D eigenvalue weighted by atomic mass is 10.1. The number of benzene rings is 1. The van der Waals surface area contributed by atoms with Crippen LogP contribution >= 0.6 is 0 Å². The molecule has 2 aliphatic rings. The van der Waals surface area contributed by atoms with Crippen LogP contribution in [0.3, 0.4) is 0 Å². The molecule has 0 aliphatic carbocycles. The van der Waals surface area contributed by atoms with Gasteiger partial charge >= 0.3 is 0 Å². The maximum absolute atomic E-state index is 6.03. The normalized spacial score (nSPS) is 20.7. The molecule has 0 radical (unpaired) electrons. The second-order valence-electron chi connectivity index (χ2n) is 7.56. The Labute approximate surface area is 161 Å². The molecule has 146 valence electrons. The zero-order valence-electron chi connectivity index (χ0n) is 16.7. The minimum absolute atomic E-state index is 0.615. The molecule has 0 amide bonds. The fraction of sp³-hybridized carbons (Fsp3) is 0.571. The van der Waals surface area contributed by atoms with Gasteiger partial charge in [-0.2, -0.15) is 0 Å². The van der Waals surface area contributed by atoms with Crippen LogP contribution in [0.1, 0.15) is 29.9 Å². The van der Waals surface area contributed by atoms with Gasteiger partial charge in [0.05, 0.1) is 25.5 Å². The van der Waals surface area contributed by atoms with Gasteiger partial charge in [0.1, 0.15) is 17.3 Å². The van der Waals surface area contributed by atoms with Gasteiger partial charge in [-0.15, -0.1) is 0 Å². The molecule has 2 aliphatic heterocycles. The Morgan fingerprint density at radius 3 is 2.78 bits per heavy atom. The summed E-state index contributed by atoms with van der Waals surface area (Å²) in [5.41, 5.74) is 2.84. The Balaban J connectivity index is 1.56. The van der Waals surface area contributed by atoms with Gasteiger partial charge in [-0.05, 0) is 45.4 Å². The van der Waals surface area contributed by atoms with E-state index in [-0.39, 0.29) is 0 Å². The van der Waals surface area contributed by atoms with E-state index in [4.69, 9.17) is 18.9 Å². The third kappa shape index (κ3) is 3.44. The predicted octanol–water partition coefficient (Wildman–Crippen LogP) is 3.26. The Morgan fingerprint density at radius 2 is 2.00 bits per heavy atom. The highest BCUT2D eigenvalue weighted by molar-refractivity contribution is 5.68. The smallest absolute Gasteiger partial charge is 0.230 e. The summed E-state index contributed by atoms with van der Waals surface area (Å²) in [4.78, 5) is 9.96. The van der Waals surface area contributed by atoms with Gasteiger partial charge < -0.3 is 13.9 Å². The molecule has 2 fully saturated rings. The Hall–Kier alpha value is -2.05. The van der Waals surface area contributed by atoms with Crippen molar-refractivity contribution in [3.05, 3.63) is 29.2 Å². The Bertz CT molecular complexity index is 817. The summed E-state index contributed by atoms with van der Waals surface area (Å²) in [6.45, 7) is 9.49. The molecule has 0 bridgehead atoms. The average Bonchev–Trinajstić information content (AvgIpc) is 3.28. The average molecular weight is 371 g/mol. The van der Waals surface area contributed by atoms with Gasteiger partial charge in [0.2, 0.25) is 5.89 Å². The van der Waals surface area contributed by atoms with Crippen LogP contribution in [0.25, 0.3) is 11.5 Å². The van der Waals surface area contributed by atoms with E-state index in [9.17, 15) is 0 Å². The first kappa shape index (κ1) is 18.3. The Morgan fingerprint density at radius 1 is 1.15 bits per heavy atom. The third-order valence-corrected chi connectivity index (χ3v) is 5.95. The topological polar surface area (TPSA) is 51.0 Å². The van der Waals surface area contributed by atoms with Gasteiger partial charge in [-0.25, -0.2) is 4.98 Å². The number of nitrogens with zero attached hydrogens (tertiary/aromatic N) is 3. The molecule has 0 unspecified atom stereocenters. The van der Waals surface area contributed by atoms with Gasteiger partial charge in [-0.3, -0.25) is 9.80 Å². The number of hydrogen-bond acceptors (Lipinski definition) is 6. The van der Waals surface area contributed by atoms with E-state index in [0.717, 1.165) is 59.8 Å². The SMILES string of the molecule is COc1ccc(-c2nc(CN3CCN4CCC[C@@H]4C3)c(C)o2)c(OC)c1C. The van der Waals surface area contributed by atoms with Crippen LogP contribution in [0.15, 0.2) is 16.5 Å². The first-order chi connectivity index (χ1) is 13.1. The molecule has 1 aromatic heterocycles. The number of aryl methyl sites for hydroxylation is 1. The quantitative estimate of drug-likeness (QED) is 0.804. The number of piperazine rings is 1. The summed E-state index contributed by atoms with van der Waals surface area (Å²) in [6.07, 6.45) is 2.66. The van der Waals surface area contributed by atoms with Crippen molar-refractivity contribution in [3.63, 3.8) is 0 Å². The van der Waals surface area contributed by atoms with E-state index in [1.54, 1.807) is 14.2 Å². The molecule has 2 aromatic rings. The number of ether oxygens (including phenoxy) is 2. The van der Waals surface area contributed by atoms with Crippen LogP contribution in [0.4, 0.5) is 0 Å². The zero-order chi connectivity index (χ0) is 19.0. The molecule has 0 N–H and O–H groups in total. The Kier molecular flexibility index (Phi) is 5.10. The molecule has 1 atom stereocenters. The lowest BCUT2D eigenvalue weighted by Gasteiger charge is -2.37. The summed E-state index contributed by atoms with van der Waals surface area (Å²) in [5, 5.41) is 0. The number of fused-ring (bicyclic) bond motifs is 1. The molecule has 6 nitrogen and oxygen atoms in total. The molecule has 6 heteroatoms. The number of aromatic nitrogens is 1. The maximum Gasteiger partial charge on any atom is 0.230 e. The molecule has 3 heterocycles. The summed E-state index contributed by atoms with van der Waals surface area (Å²) < 4.78 is 17.1. The van der Waals surface area contributed by atoms with Crippen molar-refractivity contribution in [2.24, 2.45) is 0 Å². The van der Waals surface area contributed by atoms with Crippen molar-refractivity contribution < 1.29 is 13.9 Å². The molecule has 2 saturated heterocycles. The number of rotatable bonds is 5. The van der Waals surface area contributed by atoms with Gasteiger partial charge in [-0.1, -0.05) is 0 Å². The minimum Gasteiger partial charge on any atom is -0.496 e. The highest BCUT2D eigenvalue weighted by atomic mass is 16.5. The van der Waals surface area contributed by atoms with Crippen LogP contribution in [-0.2, 0) is 6.54 Å². The number of oxazole rings is 1. The largest absolute Gasteiger partial charge is 0.496 e. The second kappa shape index (κ2) is 7.52. The summed E-state index contributed by atoms with van der Waals surface area (Å²) in [6, 6.07) is 4.61. The first-order valence-electron chi connectivity index (χ1n) is 9.75. The van der Waals surface area contributed by atoms with Crippen molar-refractivity contribution in [2.45, 2.75) is 39.3 Å². The van der Waals surface area contributed by atoms with Crippen LogP contribution in [-0.4, -0.2) is 61.2 Å². The van der Waals surface area contributed by atoms with Crippen molar-refractivity contribution >= 4 is 0 Å². The van der Waals surface area contributed by atoms with Crippen LogP contribution in [0.2, 0.25) is 0 Å². The van der Waals surface area contributed by atoms with Gasteiger partial charge in [0, 0.05) is 37.8 Å². The highest BCUT2D eigenvalue weighted by Gasteiger charge is 2.31. The summed E-state index contributed by atoms with van der Waals surface area (Å²) in [5.74, 6) is 3.05. The second-order valence-corrected chi connectivity index (χ2v) is 7.56. The summed E-state index contributed by atoms with van der Waals surface area (Å²) in [7, 11) is 3.34. The van der Waals surface area contributed by atoms with Crippen molar-refractivity contribution in [3.8, 4) is 23.0 Å². The fourth-order valence-corrected chi connectivity index (χ4v) is 4.43. The van der Waals surface area contributed by atoms with E-state index in [1.807, 2.05) is 26.0 Å².